The van der Waals surface area contributed by atoms with Gasteiger partial charge in [-0.3, -0.25) is 0 Å². The Morgan fingerprint density at radius 1 is 0.646 bits per heavy atom. The summed E-state index contributed by atoms with van der Waals surface area (Å²) in [4.78, 5) is 48.4. The minimum atomic E-state index is -4.63. The maximum absolute atomic E-state index is 13.5. The Labute approximate surface area is 274 Å². The summed E-state index contributed by atoms with van der Waals surface area (Å²) in [6.45, 7) is 6.79. The lowest BCUT2D eigenvalue weighted by Crippen LogP contribution is -2.39. The number of aromatic amines is 2. The SMILES string of the molecule is Cn1c(=O)[nH]n([C@H]2C(C(F)(F)F)=CC=C[C@@H]2c2ccccc2)c1=O.Cn1c(=O)[nH]n([C@H]2C([Si](C)(C)C)=CC=C[C@@H]2c2ccccc2)c1=O. The highest BCUT2D eigenvalue weighted by atomic mass is 28.3. The number of hydrogen-bond acceptors (Lipinski definition) is 4. The van der Waals surface area contributed by atoms with E-state index in [1.165, 1.54) is 30.0 Å². The highest BCUT2D eigenvalue weighted by molar-refractivity contribution is 6.83. The third-order valence-corrected chi connectivity index (χ3v) is 10.8. The molecule has 0 spiro atoms. The van der Waals surface area contributed by atoms with E-state index in [4.69, 9.17) is 0 Å². The number of alkyl halides is 3. The quantitative estimate of drug-likeness (QED) is 0.294. The molecular weight excluding hydrogens is 641 g/mol. The van der Waals surface area contributed by atoms with Gasteiger partial charge in [0.15, 0.2) is 0 Å². The lowest BCUT2D eigenvalue weighted by Gasteiger charge is -2.35. The first-order valence-electron chi connectivity index (χ1n) is 15.3. The van der Waals surface area contributed by atoms with Gasteiger partial charge >= 0.3 is 28.9 Å². The number of H-pyrrole nitrogens is 2. The van der Waals surface area contributed by atoms with E-state index in [0.717, 1.165) is 25.5 Å². The zero-order chi connectivity index (χ0) is 35.0. The third kappa shape index (κ3) is 6.65. The van der Waals surface area contributed by atoms with Crippen molar-refractivity contribution < 1.29 is 13.2 Å². The Morgan fingerprint density at radius 2 is 1.06 bits per heavy atom. The highest BCUT2D eigenvalue weighted by Gasteiger charge is 2.44. The topological polar surface area (TPSA) is 120 Å². The Bertz CT molecular complexity index is 1980. The van der Waals surface area contributed by atoms with Crippen LogP contribution >= 0.6 is 0 Å². The minimum absolute atomic E-state index is 0.0219. The van der Waals surface area contributed by atoms with Crippen LogP contribution in [0.2, 0.25) is 19.6 Å². The van der Waals surface area contributed by atoms with Crippen molar-refractivity contribution in [2.45, 2.75) is 49.7 Å². The molecule has 48 heavy (non-hydrogen) atoms. The van der Waals surface area contributed by atoms with Gasteiger partial charge in [0, 0.05) is 25.9 Å². The molecule has 10 nitrogen and oxygen atoms in total. The van der Waals surface area contributed by atoms with Gasteiger partial charge in [-0.15, -0.1) is 0 Å². The van der Waals surface area contributed by atoms with Gasteiger partial charge in [-0.05, 0) is 11.1 Å². The van der Waals surface area contributed by atoms with E-state index in [0.29, 0.717) is 5.56 Å². The number of hydrogen-bond donors (Lipinski definition) is 2. The summed E-state index contributed by atoms with van der Waals surface area (Å²) in [6.07, 6.45) is 5.52. The lowest BCUT2D eigenvalue weighted by atomic mass is 9.83. The van der Waals surface area contributed by atoms with E-state index >= 15 is 0 Å². The molecule has 2 aromatic heterocycles. The number of allylic oxidation sites excluding steroid dienone is 8. The first-order chi connectivity index (χ1) is 22.6. The van der Waals surface area contributed by atoms with Gasteiger partial charge in [-0.2, -0.15) is 13.2 Å². The molecule has 6 rings (SSSR count). The third-order valence-electron chi connectivity index (χ3n) is 8.65. The predicted octanol–water partition coefficient (Wildman–Crippen LogP) is 4.83. The van der Waals surface area contributed by atoms with Crippen LogP contribution in [0, 0.1) is 0 Å². The Morgan fingerprint density at radius 3 is 1.46 bits per heavy atom. The average molecular weight is 679 g/mol. The van der Waals surface area contributed by atoms with Gasteiger partial charge < -0.3 is 0 Å². The number of halogens is 3. The normalized spacial score (nSPS) is 20.9. The van der Waals surface area contributed by atoms with E-state index in [2.05, 4.69) is 60.2 Å². The summed E-state index contributed by atoms with van der Waals surface area (Å²) < 4.78 is 44.6. The van der Waals surface area contributed by atoms with E-state index in [1.54, 1.807) is 36.4 Å². The minimum Gasteiger partial charge on any atom is -0.246 e. The smallest absolute Gasteiger partial charge is 0.246 e. The maximum atomic E-state index is 13.5. The maximum Gasteiger partial charge on any atom is 0.414 e. The van der Waals surface area contributed by atoms with Crippen molar-refractivity contribution in [2.75, 3.05) is 0 Å². The molecule has 2 aliphatic rings. The fraction of sp³-hybridized carbons (Fsp3) is 0.294. The monoisotopic (exact) mass is 678 g/mol. The number of rotatable bonds is 5. The molecule has 14 heteroatoms. The second kappa shape index (κ2) is 13.2. The highest BCUT2D eigenvalue weighted by Crippen LogP contribution is 2.44. The van der Waals surface area contributed by atoms with Crippen LogP contribution in [0.1, 0.15) is 35.0 Å². The van der Waals surface area contributed by atoms with Crippen molar-refractivity contribution in [1.29, 1.82) is 0 Å². The molecule has 0 aliphatic heterocycles. The molecule has 0 radical (unpaired) electrons. The first kappa shape index (κ1) is 34.2. The van der Waals surface area contributed by atoms with Gasteiger partial charge in [0.2, 0.25) is 0 Å². The van der Waals surface area contributed by atoms with Gasteiger partial charge in [-0.25, -0.2) is 47.9 Å². The molecule has 2 aromatic carbocycles. The molecule has 0 bridgehead atoms. The summed E-state index contributed by atoms with van der Waals surface area (Å²) >= 11 is 0. The van der Waals surface area contributed by atoms with Crippen molar-refractivity contribution in [2.24, 2.45) is 14.1 Å². The fourth-order valence-corrected chi connectivity index (χ4v) is 7.96. The van der Waals surface area contributed by atoms with Gasteiger partial charge in [0.1, 0.15) is 0 Å². The van der Waals surface area contributed by atoms with Crippen LogP contribution in [-0.2, 0) is 14.1 Å². The summed E-state index contributed by atoms with van der Waals surface area (Å²) in [5, 5.41) is 6.22. The summed E-state index contributed by atoms with van der Waals surface area (Å²) in [7, 11) is 1.03. The molecule has 0 amide bonds. The van der Waals surface area contributed by atoms with Crippen molar-refractivity contribution in [3.8, 4) is 0 Å². The largest absolute Gasteiger partial charge is 0.414 e. The van der Waals surface area contributed by atoms with E-state index in [1.807, 2.05) is 18.2 Å². The zero-order valence-electron chi connectivity index (χ0n) is 27.1. The van der Waals surface area contributed by atoms with Crippen LogP contribution in [0.25, 0.3) is 0 Å². The van der Waals surface area contributed by atoms with Crippen molar-refractivity contribution >= 4 is 8.07 Å². The Balaban J connectivity index is 0.000000188. The Hall–Kier alpha value is -5.11. The van der Waals surface area contributed by atoms with E-state index in [-0.39, 0.29) is 23.3 Å². The molecule has 0 unspecified atom stereocenters. The molecule has 0 saturated carbocycles. The first-order valence-corrected chi connectivity index (χ1v) is 18.8. The second-order valence-electron chi connectivity index (χ2n) is 12.8. The molecule has 2 N–H and O–H groups in total. The number of aromatic nitrogens is 6. The van der Waals surface area contributed by atoms with Crippen LogP contribution in [0.3, 0.4) is 0 Å². The molecule has 4 aromatic rings. The van der Waals surface area contributed by atoms with Crippen LogP contribution < -0.4 is 22.8 Å². The average Bonchev–Trinajstić information content (AvgIpc) is 3.47. The standard InChI is InChI=1S/C18H23N3O2Si.C16H14F3N3O2/c1-20-17(22)19-21(18(20)23)16-14(13-9-6-5-7-10-13)11-8-12-15(16)24(2,3)4;1-21-14(23)20-22(15(21)24)13-11(10-6-3-2-4-7-10)8-5-9-12(13)16(17,18)19/h5-12,14,16H,1-4H3,(H,19,22);2-9,11,13H,1H3,(H,20,23)/t14-,16-;11-,13-/m11/s1. The van der Waals surface area contributed by atoms with Crippen molar-refractivity contribution in [3.05, 3.63) is 161 Å². The number of benzene rings is 2. The van der Waals surface area contributed by atoms with Crippen LogP contribution in [0.5, 0.6) is 0 Å². The van der Waals surface area contributed by atoms with Gasteiger partial charge in [0.05, 0.1) is 25.7 Å². The molecule has 252 valence electrons. The molecule has 2 aliphatic carbocycles. The van der Waals surface area contributed by atoms with E-state index in [9.17, 15) is 32.3 Å². The number of nitrogens with zero attached hydrogens (tertiary/aromatic N) is 4. The molecule has 2 heterocycles. The molecule has 0 saturated heterocycles. The summed E-state index contributed by atoms with van der Waals surface area (Å²) in [6, 6.07) is 17.1. The number of nitrogens with one attached hydrogen (secondary N) is 2. The van der Waals surface area contributed by atoms with Gasteiger partial charge in [-0.1, -0.05) is 122 Å². The fourth-order valence-electron chi connectivity index (χ4n) is 6.17. The lowest BCUT2D eigenvalue weighted by molar-refractivity contribution is -0.0996. The molecule has 0 fully saturated rings. The van der Waals surface area contributed by atoms with Gasteiger partial charge in [0.25, 0.3) is 0 Å². The van der Waals surface area contributed by atoms with Crippen LogP contribution in [0.4, 0.5) is 13.2 Å². The molecular formula is C34H37F3N6O4Si. The summed E-state index contributed by atoms with van der Waals surface area (Å²) in [5.41, 5.74) is -1.40. The van der Waals surface area contributed by atoms with Crippen molar-refractivity contribution in [1.82, 2.24) is 28.7 Å². The summed E-state index contributed by atoms with van der Waals surface area (Å²) in [5.74, 6) is -0.711. The second-order valence-corrected chi connectivity index (χ2v) is 17.9. The van der Waals surface area contributed by atoms with Crippen LogP contribution in [0.15, 0.2) is 127 Å². The Kier molecular flexibility index (Phi) is 9.40. The predicted molar refractivity (Wildman–Crippen MR) is 181 cm³/mol. The van der Waals surface area contributed by atoms with Crippen LogP contribution in [-0.4, -0.2) is 42.9 Å². The van der Waals surface area contributed by atoms with E-state index < -0.39 is 43.2 Å². The zero-order valence-corrected chi connectivity index (χ0v) is 28.1. The van der Waals surface area contributed by atoms with Crippen molar-refractivity contribution in [3.63, 3.8) is 0 Å². The molecule has 4 atom stereocenters.